The number of benzene rings is 4. The van der Waals surface area contributed by atoms with Crippen LogP contribution in [-0.2, 0) is 17.8 Å². The molecule has 61 heavy (non-hydrogen) atoms. The number of piperidine rings is 2. The van der Waals surface area contributed by atoms with Gasteiger partial charge >= 0.3 is 29.6 Å². The Labute approximate surface area is 390 Å². The summed E-state index contributed by atoms with van der Waals surface area (Å²) in [6.07, 6.45) is 4.11. The topological polar surface area (TPSA) is 96.8 Å². The van der Waals surface area contributed by atoms with E-state index in [4.69, 9.17) is 11.5 Å². The SMILES string of the molecule is C1CCOC1.O=C1c2ccccc2CN1CC1CCN(CC(O)c2ccc(F)cc2)CC1.[2H]C(O)(CN1CCC(CN2Cc3ccccc3C2=O)CC1)c1ccc(F)cc1.[2H][B-]([2H])([2H])[2H].[Na+]. The van der Waals surface area contributed by atoms with Gasteiger partial charge in [0.15, 0.2) is 0 Å². The maximum atomic E-state index is 13.1. The Bertz CT molecular complexity index is 2130. The zero-order chi connectivity index (χ0) is 46.6. The van der Waals surface area contributed by atoms with Crippen LogP contribution in [0.2, 0.25) is 0 Å². The number of hydrogen-bond donors (Lipinski definition) is 2. The Morgan fingerprint density at radius 3 is 1.48 bits per heavy atom. The molecule has 0 saturated carbocycles. The molecular weight excluding hydrogens is 784 g/mol. The normalized spacial score (nSPS) is 20.9. The first-order chi connectivity index (χ1) is 31.0. The van der Waals surface area contributed by atoms with Gasteiger partial charge in [-0.1, -0.05) is 68.9 Å². The first kappa shape index (κ1) is 41.5. The van der Waals surface area contributed by atoms with Crippen molar-refractivity contribution in [2.24, 2.45) is 11.8 Å². The Kier molecular flexibility index (Phi) is 16.2. The number of carbonyl (C=O) groups is 2. The standard InChI is InChI=1S/2C22H25FN2O2.C4H8O.BH4.Na/c2*23-19-7-5-17(6-8-19)21(26)15-24-11-9-16(10-12-24)13-25-14-18-3-1-2-4-20(18)22(25)27;1-2-4-5-3-1;;/h2*1-8,16,21,26H,9-15H2;1-4H2;1H4;/q;;;-1;+1/i21D;;;1D4;. The van der Waals surface area contributed by atoms with E-state index in [0.717, 1.165) is 113 Å². The number of likely N-dealkylation sites (tertiary alicyclic amines) is 2. The first-order valence-corrected chi connectivity index (χ1v) is 21.2. The molecule has 5 aliphatic rings. The third-order valence-electron chi connectivity index (χ3n) is 12.2. The van der Waals surface area contributed by atoms with Crippen molar-refractivity contribution in [2.45, 2.75) is 63.8 Å². The fourth-order valence-electron chi connectivity index (χ4n) is 8.72. The van der Waals surface area contributed by atoms with E-state index in [-0.39, 0.29) is 59.6 Å². The van der Waals surface area contributed by atoms with Gasteiger partial charge in [-0.25, -0.2) is 14.1 Å². The minimum atomic E-state index is -3.00. The van der Waals surface area contributed by atoms with E-state index < -0.39 is 20.5 Å². The van der Waals surface area contributed by atoms with E-state index in [1.54, 1.807) is 12.1 Å². The number of β-amino-alcohol motifs (C(OH)–C–C–N with tert-alkyl or cyclic N) is 2. The molecule has 2 atom stereocenters. The maximum absolute atomic E-state index is 13.1. The first-order valence-electron chi connectivity index (χ1n) is 24.0. The van der Waals surface area contributed by atoms with E-state index in [9.17, 15) is 28.6 Å². The van der Waals surface area contributed by atoms with Gasteiger partial charge in [-0.2, -0.15) is 0 Å². The predicted octanol–water partition coefficient (Wildman–Crippen LogP) is 2.80. The van der Waals surface area contributed by atoms with Crippen LogP contribution in [0.4, 0.5) is 8.78 Å². The van der Waals surface area contributed by atoms with Crippen molar-refractivity contribution in [1.29, 1.82) is 5.34 Å². The summed E-state index contributed by atoms with van der Waals surface area (Å²) < 4.78 is 63.3. The minimum Gasteiger partial charge on any atom is -0.387 e. The van der Waals surface area contributed by atoms with Crippen molar-refractivity contribution in [1.82, 2.24) is 19.6 Å². The molecule has 0 aromatic heterocycles. The average molecular weight is 852 g/mol. The summed E-state index contributed by atoms with van der Waals surface area (Å²) in [7, 11) is -3.00. The third kappa shape index (κ3) is 13.5. The van der Waals surface area contributed by atoms with Crippen molar-refractivity contribution in [2.75, 3.05) is 65.6 Å². The fourth-order valence-corrected chi connectivity index (χ4v) is 8.72. The van der Waals surface area contributed by atoms with Crippen LogP contribution in [0.5, 0.6) is 0 Å². The number of carbonyl (C=O) groups excluding carboxylic acids is 2. The number of amides is 2. The second-order valence-electron chi connectivity index (χ2n) is 16.5. The van der Waals surface area contributed by atoms with Crippen LogP contribution in [0, 0.1) is 23.5 Å². The molecular formula is C48H62BF2N4NaO5. The third-order valence-corrected chi connectivity index (χ3v) is 12.2. The largest absolute Gasteiger partial charge is 1.00 e. The van der Waals surface area contributed by atoms with Crippen LogP contribution in [0.3, 0.4) is 0 Å². The maximum Gasteiger partial charge on any atom is 1.00 e. The molecule has 13 heteroatoms. The fraction of sp³-hybridized carbons (Fsp3) is 0.458. The van der Waals surface area contributed by atoms with Crippen LogP contribution in [0.15, 0.2) is 97.1 Å². The Morgan fingerprint density at radius 1 is 0.656 bits per heavy atom. The zero-order valence-electron chi connectivity index (χ0n) is 40.4. The zero-order valence-corrected chi connectivity index (χ0v) is 37.4. The summed E-state index contributed by atoms with van der Waals surface area (Å²) in [6, 6.07) is 27.2. The van der Waals surface area contributed by atoms with Crippen molar-refractivity contribution >= 4 is 20.1 Å². The molecule has 9 rings (SSSR count). The van der Waals surface area contributed by atoms with E-state index in [0.29, 0.717) is 30.5 Å². The summed E-state index contributed by atoms with van der Waals surface area (Å²) >= 11 is 0. The number of ether oxygens (including phenoxy) is 1. The summed E-state index contributed by atoms with van der Waals surface area (Å²) in [5, 5.41) is 20.9. The van der Waals surface area contributed by atoms with Crippen LogP contribution in [0.25, 0.3) is 0 Å². The molecule has 3 fully saturated rings. The van der Waals surface area contributed by atoms with Gasteiger partial charge in [-0.15, -0.1) is 0 Å². The van der Waals surface area contributed by atoms with E-state index in [1.165, 1.54) is 49.2 Å². The molecule has 322 valence electrons. The molecule has 5 aliphatic heterocycles. The number of fused-ring (bicyclic) bond motifs is 2. The summed E-state index contributed by atoms with van der Waals surface area (Å²) in [5.74, 6) is 0.542. The molecule has 4 aromatic rings. The second-order valence-corrected chi connectivity index (χ2v) is 16.5. The Morgan fingerprint density at radius 2 is 1.07 bits per heavy atom. The molecule has 2 N–H and O–H groups in total. The van der Waals surface area contributed by atoms with Gasteiger partial charge < -0.3 is 34.5 Å². The number of aliphatic hydroxyl groups excluding tert-OH is 1. The van der Waals surface area contributed by atoms with Crippen LogP contribution in [-0.4, -0.2) is 121 Å². The number of aliphatic hydroxyl groups is 2. The molecule has 4 aromatic carbocycles. The monoisotopic (exact) mass is 851 g/mol. The Hall–Kier alpha value is -3.46. The molecule has 0 radical (unpaired) electrons. The molecule has 0 aliphatic carbocycles. The minimum absolute atomic E-state index is 0. The van der Waals surface area contributed by atoms with Crippen LogP contribution in [0.1, 0.15) is 95.0 Å². The number of halogens is 2. The van der Waals surface area contributed by atoms with Crippen molar-refractivity contribution in [3.63, 3.8) is 0 Å². The molecule has 9 nitrogen and oxygen atoms in total. The number of rotatable bonds is 10. The number of hydrogen-bond acceptors (Lipinski definition) is 7. The molecule has 2 amide bonds. The van der Waals surface area contributed by atoms with E-state index in [2.05, 4.69) is 9.80 Å². The number of nitrogens with zero attached hydrogens (tertiary/aromatic N) is 4. The summed E-state index contributed by atoms with van der Waals surface area (Å²) in [5.41, 5.74) is 5.04. The van der Waals surface area contributed by atoms with Crippen molar-refractivity contribution in [3.8, 4) is 0 Å². The summed E-state index contributed by atoms with van der Waals surface area (Å²) in [4.78, 5) is 33.3. The van der Waals surface area contributed by atoms with Crippen molar-refractivity contribution in [3.05, 3.63) is 142 Å². The van der Waals surface area contributed by atoms with Gasteiger partial charge in [0, 0.05) is 63.6 Å². The molecule has 0 spiro atoms. The van der Waals surface area contributed by atoms with E-state index >= 15 is 0 Å². The van der Waals surface area contributed by atoms with Gasteiger partial charge in [-0.05, 0) is 135 Å². The van der Waals surface area contributed by atoms with Crippen LogP contribution >= 0.6 is 0 Å². The van der Waals surface area contributed by atoms with Gasteiger partial charge in [0.1, 0.15) is 11.6 Å². The second kappa shape index (κ2) is 23.8. The van der Waals surface area contributed by atoms with Gasteiger partial charge in [0.25, 0.3) is 11.8 Å². The van der Waals surface area contributed by atoms with Gasteiger partial charge in [-0.3, -0.25) is 9.59 Å². The van der Waals surface area contributed by atoms with Gasteiger partial charge in [0.05, 0.1) is 13.6 Å². The van der Waals surface area contributed by atoms with E-state index in [1.807, 2.05) is 58.3 Å². The predicted molar refractivity (Wildman–Crippen MR) is 235 cm³/mol. The molecule has 5 heterocycles. The average Bonchev–Trinajstić information content (AvgIpc) is 4.04. The molecule has 3 saturated heterocycles. The van der Waals surface area contributed by atoms with Crippen molar-refractivity contribution < 1.29 is 64.2 Å². The van der Waals surface area contributed by atoms with Crippen LogP contribution < -0.4 is 29.6 Å². The Balaban J connectivity index is 0.000000202. The smallest absolute Gasteiger partial charge is 0.387 e. The molecule has 0 bridgehead atoms. The van der Waals surface area contributed by atoms with Gasteiger partial charge in [0.2, 0.25) is 0 Å². The quantitative estimate of drug-likeness (QED) is 0.237. The molecule has 2 unspecified atom stereocenters. The summed E-state index contributed by atoms with van der Waals surface area (Å²) in [6.45, 7) is 9.11.